The molecule has 0 aliphatic heterocycles. The normalized spacial score (nSPS) is 12.1. The molecule has 0 atom stereocenters. The van der Waals surface area contributed by atoms with Crippen molar-refractivity contribution in [2.75, 3.05) is 11.4 Å². The van der Waals surface area contributed by atoms with Crippen molar-refractivity contribution in [2.24, 2.45) is 0 Å². The largest absolute Gasteiger partial charge is 0.465 e. The first-order valence-electron chi connectivity index (χ1n) is 10.3. The fourth-order valence-corrected chi connectivity index (χ4v) is 4.56. The summed E-state index contributed by atoms with van der Waals surface area (Å²) in [6, 6.07) is 10.4. The summed E-state index contributed by atoms with van der Waals surface area (Å²) in [5.41, 5.74) is 0.250. The van der Waals surface area contributed by atoms with Crippen molar-refractivity contribution in [3.63, 3.8) is 0 Å². The summed E-state index contributed by atoms with van der Waals surface area (Å²) < 4.78 is 39.9. The van der Waals surface area contributed by atoms with Crippen molar-refractivity contribution in [1.82, 2.24) is 9.38 Å². The predicted molar refractivity (Wildman–Crippen MR) is 123 cm³/mol. The first-order chi connectivity index (χ1) is 15.4. The Kier molecular flexibility index (Phi) is 6.51. The second-order valence-electron chi connectivity index (χ2n) is 8.67. The van der Waals surface area contributed by atoms with Crippen LogP contribution < -0.4 is 4.31 Å². The lowest BCUT2D eigenvalue weighted by Crippen LogP contribution is -2.41. The smallest absolute Gasteiger partial charge is 0.430 e. The highest BCUT2D eigenvalue weighted by molar-refractivity contribution is 7.93. The lowest BCUT2D eigenvalue weighted by molar-refractivity contribution is 0.0592. The van der Waals surface area contributed by atoms with Gasteiger partial charge in [-0.3, -0.25) is 0 Å². The second kappa shape index (κ2) is 8.86. The molecule has 33 heavy (non-hydrogen) atoms. The Morgan fingerprint density at radius 3 is 2.24 bits per heavy atom. The second-order valence-corrected chi connectivity index (χ2v) is 10.5. The monoisotopic (exact) mass is 473 g/mol. The summed E-state index contributed by atoms with van der Waals surface area (Å²) in [6.45, 7) is 8.70. The number of fused-ring (bicyclic) bond motifs is 1. The molecule has 0 radical (unpaired) electrons. The maximum Gasteiger partial charge on any atom is 0.430 e. The van der Waals surface area contributed by atoms with Crippen LogP contribution in [0.1, 0.15) is 56.6 Å². The summed E-state index contributed by atoms with van der Waals surface area (Å²) in [6.07, 6.45) is 0.677. The van der Waals surface area contributed by atoms with Crippen LogP contribution in [0.3, 0.4) is 0 Å². The van der Waals surface area contributed by atoms with Gasteiger partial charge in [0.25, 0.3) is 10.0 Å². The molecule has 0 aliphatic rings. The van der Waals surface area contributed by atoms with Crippen molar-refractivity contribution in [1.29, 1.82) is 0 Å². The number of imidazole rings is 1. The number of esters is 1. The number of pyridine rings is 1. The van der Waals surface area contributed by atoms with Gasteiger partial charge in [0, 0.05) is 6.20 Å². The van der Waals surface area contributed by atoms with Crippen LogP contribution >= 0.6 is 0 Å². The van der Waals surface area contributed by atoms with E-state index in [-0.39, 0.29) is 22.2 Å². The van der Waals surface area contributed by atoms with E-state index in [4.69, 9.17) is 4.74 Å². The van der Waals surface area contributed by atoms with E-state index in [1.165, 1.54) is 31.4 Å². The molecule has 0 saturated heterocycles. The molecule has 0 bridgehead atoms. The van der Waals surface area contributed by atoms with Gasteiger partial charge in [-0.15, -0.1) is 4.31 Å². The average molecular weight is 474 g/mol. The summed E-state index contributed by atoms with van der Waals surface area (Å²) >= 11 is 0. The Balaban J connectivity index is 2.23. The van der Waals surface area contributed by atoms with Crippen molar-refractivity contribution >= 4 is 33.6 Å². The van der Waals surface area contributed by atoms with E-state index in [1.807, 2.05) is 13.8 Å². The maximum atomic E-state index is 13.7. The summed E-state index contributed by atoms with van der Waals surface area (Å²) in [5.74, 6) is -0.813. The Bertz CT molecular complexity index is 1290. The van der Waals surface area contributed by atoms with Gasteiger partial charge in [0.05, 0.1) is 23.3 Å². The third kappa shape index (κ3) is 4.85. The molecular formula is C23H27N3O6S. The molecule has 0 saturated carbocycles. The third-order valence-electron chi connectivity index (χ3n) is 4.66. The van der Waals surface area contributed by atoms with E-state index in [1.54, 1.807) is 49.6 Å². The minimum atomic E-state index is -4.45. The third-order valence-corrected chi connectivity index (χ3v) is 6.33. The van der Waals surface area contributed by atoms with Gasteiger partial charge in [0.1, 0.15) is 11.2 Å². The zero-order chi connectivity index (χ0) is 24.6. The highest BCUT2D eigenvalue weighted by atomic mass is 32.2. The van der Waals surface area contributed by atoms with Gasteiger partial charge in [-0.25, -0.2) is 23.0 Å². The Morgan fingerprint density at radius 2 is 1.70 bits per heavy atom. The standard InChI is InChI=1S/C23H27N3O6S/c1-15(2)19-20(24-18-9-7-8-14-25(18)19)26(22(28)32-23(3,4)5)33(29,30)17-12-10-16(11-13-17)21(27)31-6/h7-15H,1-6H3. The van der Waals surface area contributed by atoms with E-state index < -0.39 is 27.7 Å². The number of hydrogen-bond acceptors (Lipinski definition) is 7. The lowest BCUT2D eigenvalue weighted by atomic mass is 10.1. The molecule has 3 aromatic rings. The molecule has 10 heteroatoms. The predicted octanol–water partition coefficient (Wildman–Crippen LogP) is 4.37. The zero-order valence-corrected chi connectivity index (χ0v) is 20.2. The first-order valence-corrected chi connectivity index (χ1v) is 11.7. The number of aromatic nitrogens is 2. The number of nitrogens with zero attached hydrogens (tertiary/aromatic N) is 3. The summed E-state index contributed by atoms with van der Waals surface area (Å²) in [5, 5.41) is 0. The molecule has 0 N–H and O–H groups in total. The van der Waals surface area contributed by atoms with E-state index in [0.717, 1.165) is 0 Å². The number of hydrogen-bond donors (Lipinski definition) is 0. The summed E-state index contributed by atoms with van der Waals surface area (Å²) in [4.78, 5) is 29.3. The van der Waals surface area contributed by atoms with Crippen molar-refractivity contribution in [3.8, 4) is 0 Å². The molecule has 9 nitrogen and oxygen atoms in total. The first kappa shape index (κ1) is 24.2. The molecule has 0 fully saturated rings. The molecule has 176 valence electrons. The molecule has 1 aromatic carbocycles. The van der Waals surface area contributed by atoms with Crippen LogP contribution in [0.5, 0.6) is 0 Å². The molecule has 2 aromatic heterocycles. The topological polar surface area (TPSA) is 107 Å². The van der Waals surface area contributed by atoms with Crippen LogP contribution in [-0.2, 0) is 19.5 Å². The molecule has 0 unspecified atom stereocenters. The average Bonchev–Trinajstić information content (AvgIpc) is 3.10. The number of amides is 1. The number of benzene rings is 1. The Morgan fingerprint density at radius 1 is 1.06 bits per heavy atom. The minimum Gasteiger partial charge on any atom is -0.465 e. The van der Waals surface area contributed by atoms with E-state index in [0.29, 0.717) is 15.6 Å². The lowest BCUT2D eigenvalue weighted by Gasteiger charge is -2.26. The highest BCUT2D eigenvalue weighted by Gasteiger charge is 2.39. The van der Waals surface area contributed by atoms with Crippen molar-refractivity contribution in [2.45, 2.75) is 51.0 Å². The van der Waals surface area contributed by atoms with Gasteiger partial charge >= 0.3 is 12.1 Å². The van der Waals surface area contributed by atoms with E-state index >= 15 is 0 Å². The van der Waals surface area contributed by atoms with Gasteiger partial charge in [0.15, 0.2) is 5.82 Å². The number of rotatable bonds is 5. The van der Waals surface area contributed by atoms with Crippen molar-refractivity contribution in [3.05, 3.63) is 59.9 Å². The minimum absolute atomic E-state index is 0.0394. The summed E-state index contributed by atoms with van der Waals surface area (Å²) in [7, 11) is -3.22. The molecular weight excluding hydrogens is 446 g/mol. The van der Waals surface area contributed by atoms with Gasteiger partial charge in [-0.1, -0.05) is 19.9 Å². The van der Waals surface area contributed by atoms with Gasteiger partial charge in [-0.05, 0) is 63.1 Å². The molecule has 0 aliphatic carbocycles. The number of methoxy groups -OCH3 is 1. The van der Waals surface area contributed by atoms with Crippen LogP contribution in [0.2, 0.25) is 0 Å². The fourth-order valence-electron chi connectivity index (χ4n) is 3.28. The van der Waals surface area contributed by atoms with E-state index in [2.05, 4.69) is 9.72 Å². The fraction of sp³-hybridized carbons (Fsp3) is 0.348. The van der Waals surface area contributed by atoms with Crippen molar-refractivity contribution < 1.29 is 27.5 Å². The number of ether oxygens (including phenoxy) is 2. The number of anilines is 1. The molecule has 3 rings (SSSR count). The maximum absolute atomic E-state index is 13.7. The Labute approximate surface area is 193 Å². The Hall–Kier alpha value is -3.40. The van der Waals surface area contributed by atoms with Crippen LogP contribution in [0, 0.1) is 0 Å². The SMILES string of the molecule is COC(=O)c1ccc(S(=O)(=O)N(C(=O)OC(C)(C)C)c2nc3ccccn3c2C(C)C)cc1. The van der Waals surface area contributed by atoms with Gasteiger partial charge < -0.3 is 13.9 Å². The van der Waals surface area contributed by atoms with Gasteiger partial charge in [-0.2, -0.15) is 0 Å². The van der Waals surface area contributed by atoms with Crippen LogP contribution in [-0.4, -0.2) is 42.6 Å². The quantitative estimate of drug-likeness (QED) is 0.506. The molecule has 0 spiro atoms. The molecule has 1 amide bonds. The van der Waals surface area contributed by atoms with Gasteiger partial charge in [0.2, 0.25) is 0 Å². The zero-order valence-electron chi connectivity index (χ0n) is 19.4. The number of carbonyl (C=O) groups is 2. The van der Waals surface area contributed by atoms with Crippen LogP contribution in [0.25, 0.3) is 5.65 Å². The van der Waals surface area contributed by atoms with Crippen LogP contribution in [0.4, 0.5) is 10.6 Å². The molecule has 2 heterocycles. The van der Waals surface area contributed by atoms with Crippen LogP contribution in [0.15, 0.2) is 53.6 Å². The number of carbonyl (C=O) groups excluding carboxylic acids is 2. The van der Waals surface area contributed by atoms with E-state index in [9.17, 15) is 18.0 Å². The number of sulfonamides is 1. The highest BCUT2D eigenvalue weighted by Crippen LogP contribution is 2.33.